The summed E-state index contributed by atoms with van der Waals surface area (Å²) in [5.41, 5.74) is 2.60. The first kappa shape index (κ1) is 25.5. The van der Waals surface area contributed by atoms with Crippen molar-refractivity contribution in [2.75, 3.05) is 49.1 Å². The van der Waals surface area contributed by atoms with E-state index in [0.29, 0.717) is 12.6 Å². The first-order valence-electron chi connectivity index (χ1n) is 13.8. The minimum atomic E-state index is -0.923. The molecule has 2 fully saturated rings. The number of nitrogens with one attached hydrogen (secondary N) is 1. The van der Waals surface area contributed by atoms with E-state index in [1.807, 2.05) is 38.1 Å². The molecule has 3 aliphatic heterocycles. The first-order valence-corrected chi connectivity index (χ1v) is 13.8. The number of carboxylic acid groups (broad SMARTS) is 1. The number of phenols is 1. The molecule has 2 saturated heterocycles. The van der Waals surface area contributed by atoms with Gasteiger partial charge in [-0.3, -0.25) is 4.90 Å². The molecule has 3 aliphatic rings. The number of amides is 1. The Morgan fingerprint density at radius 2 is 1.92 bits per heavy atom. The van der Waals surface area contributed by atoms with E-state index in [2.05, 4.69) is 21.2 Å². The van der Waals surface area contributed by atoms with E-state index in [1.54, 1.807) is 6.07 Å². The molecule has 1 amide bonds. The van der Waals surface area contributed by atoms with Gasteiger partial charge in [-0.25, -0.2) is 4.79 Å². The Balaban J connectivity index is 1.32. The van der Waals surface area contributed by atoms with Crippen molar-refractivity contribution < 1.29 is 19.7 Å². The Hall–Kier alpha value is -3.79. The van der Waals surface area contributed by atoms with Gasteiger partial charge in [0.15, 0.2) is 0 Å². The molecule has 0 radical (unpaired) electrons. The zero-order valence-corrected chi connectivity index (χ0v) is 22.6. The van der Waals surface area contributed by atoms with Crippen LogP contribution in [0.2, 0.25) is 0 Å². The standard InChI is InChI=1S/C29H36N6O4/c1-29(2)9-7-20(35(29)28(37)38)18-39-27-31-24-17-34(25-16-21(36)15-19-5-3-4-6-22(19)25)12-8-23(24)26(32-27)33-13-10-30-11-14-33/h3-6,15-16,20,30,36H,7-14,17-18H2,1-2H3,(H,37,38)/t20-/m1/s1. The Morgan fingerprint density at radius 1 is 1.13 bits per heavy atom. The number of phenolic OH excluding ortho intramolecular Hbond substituents is 1. The van der Waals surface area contributed by atoms with Crippen LogP contribution in [-0.2, 0) is 13.0 Å². The van der Waals surface area contributed by atoms with Crippen LogP contribution in [0.1, 0.15) is 37.9 Å². The Kier molecular flexibility index (Phi) is 6.58. The molecule has 4 heterocycles. The highest BCUT2D eigenvalue weighted by Gasteiger charge is 2.43. The molecule has 3 aromatic rings. The summed E-state index contributed by atoms with van der Waals surface area (Å²) in [6, 6.07) is 11.8. The zero-order chi connectivity index (χ0) is 27.1. The SMILES string of the molecule is CC1(C)CC[C@H](COc2nc3c(c(N4CCNCC4)n2)CCN(c2cc(O)cc4ccccc24)C3)N1C(=O)O. The average Bonchev–Trinajstić information content (AvgIpc) is 3.25. The predicted octanol–water partition coefficient (Wildman–Crippen LogP) is 3.61. The molecule has 1 atom stereocenters. The van der Waals surface area contributed by atoms with Gasteiger partial charge in [0.05, 0.1) is 18.3 Å². The van der Waals surface area contributed by atoms with Gasteiger partial charge in [-0.2, -0.15) is 9.97 Å². The van der Waals surface area contributed by atoms with E-state index in [-0.39, 0.29) is 18.4 Å². The van der Waals surface area contributed by atoms with Crippen molar-refractivity contribution in [2.24, 2.45) is 0 Å². The molecule has 0 saturated carbocycles. The fourth-order valence-corrected chi connectivity index (χ4v) is 6.34. The van der Waals surface area contributed by atoms with Crippen molar-refractivity contribution in [2.45, 2.75) is 51.2 Å². The minimum Gasteiger partial charge on any atom is -0.508 e. The number of hydrogen-bond acceptors (Lipinski definition) is 8. The number of aromatic hydroxyl groups is 1. The van der Waals surface area contributed by atoms with E-state index in [1.165, 1.54) is 4.90 Å². The van der Waals surface area contributed by atoms with Gasteiger partial charge in [0.25, 0.3) is 0 Å². The third kappa shape index (κ3) is 4.89. The molecule has 1 aromatic heterocycles. The van der Waals surface area contributed by atoms with Gasteiger partial charge in [-0.1, -0.05) is 24.3 Å². The van der Waals surface area contributed by atoms with Crippen molar-refractivity contribution in [3.63, 3.8) is 0 Å². The molecule has 0 spiro atoms. The van der Waals surface area contributed by atoms with Gasteiger partial charge in [-0.05, 0) is 44.6 Å². The summed E-state index contributed by atoms with van der Waals surface area (Å²) >= 11 is 0. The highest BCUT2D eigenvalue weighted by atomic mass is 16.5. The molecule has 0 unspecified atom stereocenters. The maximum absolute atomic E-state index is 12.0. The number of piperazine rings is 1. The zero-order valence-electron chi connectivity index (χ0n) is 22.6. The number of carbonyl (C=O) groups is 1. The highest BCUT2D eigenvalue weighted by molar-refractivity contribution is 5.95. The van der Waals surface area contributed by atoms with Crippen molar-refractivity contribution in [3.05, 3.63) is 47.7 Å². The van der Waals surface area contributed by atoms with Gasteiger partial charge < -0.3 is 30.1 Å². The lowest BCUT2D eigenvalue weighted by Crippen LogP contribution is -2.48. The van der Waals surface area contributed by atoms with Crippen LogP contribution in [0.3, 0.4) is 0 Å². The number of anilines is 2. The fraction of sp³-hybridized carbons (Fsp3) is 0.483. The van der Waals surface area contributed by atoms with Gasteiger partial charge >= 0.3 is 12.1 Å². The molecule has 0 bridgehead atoms. The van der Waals surface area contributed by atoms with Crippen LogP contribution < -0.4 is 19.9 Å². The molecule has 10 heteroatoms. The van der Waals surface area contributed by atoms with Crippen LogP contribution in [-0.4, -0.2) is 82.1 Å². The van der Waals surface area contributed by atoms with Gasteiger partial charge in [0, 0.05) is 61.0 Å². The van der Waals surface area contributed by atoms with E-state index < -0.39 is 11.6 Å². The average molecular weight is 533 g/mol. The van der Waals surface area contributed by atoms with Gasteiger partial charge in [-0.15, -0.1) is 0 Å². The summed E-state index contributed by atoms with van der Waals surface area (Å²) in [4.78, 5) is 27.8. The molecular weight excluding hydrogens is 496 g/mol. The summed E-state index contributed by atoms with van der Waals surface area (Å²) in [5.74, 6) is 1.16. The lowest BCUT2D eigenvalue weighted by atomic mass is 10.0. The predicted molar refractivity (Wildman–Crippen MR) is 150 cm³/mol. The van der Waals surface area contributed by atoms with E-state index >= 15 is 0 Å². The number of aromatic nitrogens is 2. The van der Waals surface area contributed by atoms with Crippen molar-refractivity contribution in [1.82, 2.24) is 20.2 Å². The third-order valence-corrected chi connectivity index (χ3v) is 8.32. The van der Waals surface area contributed by atoms with Crippen LogP contribution in [0.15, 0.2) is 36.4 Å². The normalized spacial score (nSPS) is 20.8. The fourth-order valence-electron chi connectivity index (χ4n) is 6.34. The Morgan fingerprint density at radius 3 is 2.72 bits per heavy atom. The molecule has 39 heavy (non-hydrogen) atoms. The Bertz CT molecular complexity index is 1390. The summed E-state index contributed by atoms with van der Waals surface area (Å²) in [7, 11) is 0. The van der Waals surface area contributed by atoms with E-state index in [4.69, 9.17) is 14.7 Å². The lowest BCUT2D eigenvalue weighted by Gasteiger charge is -2.36. The molecule has 6 rings (SSSR count). The summed E-state index contributed by atoms with van der Waals surface area (Å²) in [5, 5.41) is 25.7. The maximum Gasteiger partial charge on any atom is 0.408 e. The van der Waals surface area contributed by atoms with Crippen LogP contribution in [0.4, 0.5) is 16.3 Å². The van der Waals surface area contributed by atoms with Crippen LogP contribution in [0.25, 0.3) is 10.8 Å². The molecule has 0 aliphatic carbocycles. The number of likely N-dealkylation sites (tertiary alicyclic amines) is 1. The topological polar surface area (TPSA) is 114 Å². The maximum atomic E-state index is 12.0. The molecule has 10 nitrogen and oxygen atoms in total. The first-order chi connectivity index (χ1) is 18.8. The number of nitrogens with zero attached hydrogens (tertiary/aromatic N) is 5. The van der Waals surface area contributed by atoms with Crippen molar-refractivity contribution >= 4 is 28.4 Å². The van der Waals surface area contributed by atoms with Crippen molar-refractivity contribution in [3.8, 4) is 11.8 Å². The number of rotatable bonds is 5. The number of benzene rings is 2. The van der Waals surface area contributed by atoms with E-state index in [9.17, 15) is 15.0 Å². The second-order valence-electron chi connectivity index (χ2n) is 11.3. The molecular formula is C29H36N6O4. The Labute approximate surface area is 228 Å². The van der Waals surface area contributed by atoms with Crippen LogP contribution in [0.5, 0.6) is 11.8 Å². The highest BCUT2D eigenvalue weighted by Crippen LogP contribution is 2.37. The third-order valence-electron chi connectivity index (χ3n) is 8.32. The second-order valence-corrected chi connectivity index (χ2v) is 11.3. The van der Waals surface area contributed by atoms with Gasteiger partial charge in [0.2, 0.25) is 0 Å². The smallest absolute Gasteiger partial charge is 0.408 e. The lowest BCUT2D eigenvalue weighted by molar-refractivity contribution is 0.0784. The molecule has 3 N–H and O–H groups in total. The van der Waals surface area contributed by atoms with Crippen molar-refractivity contribution in [1.29, 1.82) is 0 Å². The summed E-state index contributed by atoms with van der Waals surface area (Å²) in [6.07, 6.45) is 1.39. The quantitative estimate of drug-likeness (QED) is 0.453. The second kappa shape index (κ2) is 10.1. The summed E-state index contributed by atoms with van der Waals surface area (Å²) in [6.45, 7) is 8.98. The number of hydrogen-bond donors (Lipinski definition) is 3. The minimum absolute atomic E-state index is 0.219. The molecule has 2 aromatic carbocycles. The van der Waals surface area contributed by atoms with Crippen LogP contribution in [0, 0.1) is 0 Å². The summed E-state index contributed by atoms with van der Waals surface area (Å²) < 4.78 is 6.16. The largest absolute Gasteiger partial charge is 0.508 e. The van der Waals surface area contributed by atoms with Gasteiger partial charge in [0.1, 0.15) is 18.2 Å². The van der Waals surface area contributed by atoms with Crippen LogP contribution >= 0.6 is 0 Å². The molecule has 206 valence electrons. The van der Waals surface area contributed by atoms with E-state index in [0.717, 1.165) is 85.5 Å². The number of fused-ring (bicyclic) bond motifs is 2. The number of ether oxygens (including phenoxy) is 1. The monoisotopic (exact) mass is 532 g/mol.